The second-order valence-corrected chi connectivity index (χ2v) is 6.87. The Balaban J connectivity index is 2.35. The molecule has 0 amide bonds. The van der Waals surface area contributed by atoms with Gasteiger partial charge in [0, 0.05) is 31.5 Å². The number of nitrogens with zero attached hydrogens (tertiary/aromatic N) is 1. The first-order valence-corrected chi connectivity index (χ1v) is 7.97. The minimum atomic E-state index is -3.62. The molecular formula is C13H20N2O4S. The van der Waals surface area contributed by atoms with E-state index in [1.807, 2.05) is 0 Å². The van der Waals surface area contributed by atoms with Crippen LogP contribution in [0.1, 0.15) is 12.8 Å². The number of ether oxygens (including phenoxy) is 1. The number of hydrogen-bond acceptors (Lipinski definition) is 5. The van der Waals surface area contributed by atoms with Gasteiger partial charge >= 0.3 is 0 Å². The summed E-state index contributed by atoms with van der Waals surface area (Å²) in [4.78, 5) is 0.118. The maximum Gasteiger partial charge on any atom is 0.246 e. The summed E-state index contributed by atoms with van der Waals surface area (Å²) < 4.78 is 31.9. The molecule has 1 unspecified atom stereocenters. The first-order valence-electron chi connectivity index (χ1n) is 6.53. The third-order valence-electron chi connectivity index (χ3n) is 3.55. The number of hydrogen-bond donors (Lipinski definition) is 2. The molecule has 1 aliphatic heterocycles. The van der Waals surface area contributed by atoms with Crippen molar-refractivity contribution >= 4 is 15.7 Å². The van der Waals surface area contributed by atoms with Gasteiger partial charge in [-0.1, -0.05) is 0 Å². The maximum absolute atomic E-state index is 12.7. The van der Waals surface area contributed by atoms with Crippen LogP contribution in [0.2, 0.25) is 0 Å². The predicted molar refractivity (Wildman–Crippen MR) is 76.0 cm³/mol. The van der Waals surface area contributed by atoms with Crippen molar-refractivity contribution in [3.05, 3.63) is 18.2 Å². The van der Waals surface area contributed by atoms with Crippen molar-refractivity contribution in [1.82, 2.24) is 4.31 Å². The molecule has 0 bridgehead atoms. The van der Waals surface area contributed by atoms with Crippen LogP contribution in [-0.4, -0.2) is 44.6 Å². The van der Waals surface area contributed by atoms with Gasteiger partial charge in [0.2, 0.25) is 10.0 Å². The summed E-state index contributed by atoms with van der Waals surface area (Å²) in [6.45, 7) is 0.809. The van der Waals surface area contributed by atoms with Crippen molar-refractivity contribution < 1.29 is 18.3 Å². The summed E-state index contributed by atoms with van der Waals surface area (Å²) in [5, 5.41) is 9.22. The van der Waals surface area contributed by atoms with E-state index in [1.165, 1.54) is 23.5 Å². The van der Waals surface area contributed by atoms with E-state index in [1.54, 1.807) is 6.07 Å². The van der Waals surface area contributed by atoms with Crippen LogP contribution in [0, 0.1) is 5.92 Å². The lowest BCUT2D eigenvalue weighted by molar-refractivity contribution is 0.165. The lowest BCUT2D eigenvalue weighted by Gasteiger charge is -2.31. The highest BCUT2D eigenvalue weighted by atomic mass is 32.2. The number of benzene rings is 1. The van der Waals surface area contributed by atoms with Gasteiger partial charge in [0.15, 0.2) is 0 Å². The molecule has 0 spiro atoms. The molecule has 112 valence electrons. The number of nitrogens with two attached hydrogens (primary N) is 1. The van der Waals surface area contributed by atoms with Crippen LogP contribution in [0.25, 0.3) is 0 Å². The minimum Gasteiger partial charge on any atom is -0.495 e. The van der Waals surface area contributed by atoms with E-state index in [2.05, 4.69) is 0 Å². The molecule has 1 aromatic rings. The Kier molecular flexibility index (Phi) is 4.52. The van der Waals surface area contributed by atoms with Gasteiger partial charge in [-0.3, -0.25) is 0 Å². The summed E-state index contributed by atoms with van der Waals surface area (Å²) in [5.74, 6) is 0.245. The molecule has 20 heavy (non-hydrogen) atoms. The minimum absolute atomic E-state index is 0.00157. The fourth-order valence-electron chi connectivity index (χ4n) is 2.43. The first-order chi connectivity index (χ1) is 9.48. The van der Waals surface area contributed by atoms with Crippen LogP contribution in [0.3, 0.4) is 0 Å². The smallest absolute Gasteiger partial charge is 0.246 e. The molecule has 1 heterocycles. The van der Waals surface area contributed by atoms with Crippen LogP contribution >= 0.6 is 0 Å². The Bertz CT molecular complexity index is 574. The highest BCUT2D eigenvalue weighted by molar-refractivity contribution is 7.89. The van der Waals surface area contributed by atoms with Gasteiger partial charge in [-0.15, -0.1) is 0 Å². The van der Waals surface area contributed by atoms with E-state index >= 15 is 0 Å². The SMILES string of the molecule is COc1cc(N)ccc1S(=O)(=O)N1CCCC(CO)C1. The second kappa shape index (κ2) is 5.99. The summed E-state index contributed by atoms with van der Waals surface area (Å²) in [6.07, 6.45) is 1.60. The fourth-order valence-corrected chi connectivity index (χ4v) is 4.12. The number of piperidine rings is 1. The fraction of sp³-hybridized carbons (Fsp3) is 0.538. The Hall–Kier alpha value is -1.31. The third kappa shape index (κ3) is 2.89. The van der Waals surface area contributed by atoms with Gasteiger partial charge in [-0.05, 0) is 30.9 Å². The van der Waals surface area contributed by atoms with Crippen molar-refractivity contribution in [1.29, 1.82) is 0 Å². The number of anilines is 1. The Morgan fingerprint density at radius 3 is 2.90 bits per heavy atom. The molecular weight excluding hydrogens is 280 g/mol. The van der Waals surface area contributed by atoms with Crippen LogP contribution < -0.4 is 10.5 Å². The molecule has 2 rings (SSSR count). The Morgan fingerprint density at radius 1 is 1.50 bits per heavy atom. The summed E-state index contributed by atoms with van der Waals surface area (Å²) >= 11 is 0. The number of sulfonamides is 1. The molecule has 0 aliphatic carbocycles. The molecule has 1 atom stereocenters. The molecule has 0 saturated carbocycles. The zero-order valence-electron chi connectivity index (χ0n) is 11.4. The molecule has 1 aliphatic rings. The normalized spacial score (nSPS) is 20.8. The summed E-state index contributed by atoms with van der Waals surface area (Å²) in [6, 6.07) is 4.51. The van der Waals surface area contributed by atoms with E-state index in [-0.39, 0.29) is 23.2 Å². The van der Waals surface area contributed by atoms with Crippen molar-refractivity contribution in [2.45, 2.75) is 17.7 Å². The molecule has 1 saturated heterocycles. The topological polar surface area (TPSA) is 92.9 Å². The van der Waals surface area contributed by atoms with Crippen molar-refractivity contribution in [2.24, 2.45) is 5.92 Å². The van der Waals surface area contributed by atoms with E-state index in [0.29, 0.717) is 18.8 Å². The summed E-state index contributed by atoms with van der Waals surface area (Å²) in [5.41, 5.74) is 6.10. The number of aliphatic hydroxyl groups excluding tert-OH is 1. The molecule has 0 aromatic heterocycles. The number of methoxy groups -OCH3 is 1. The van der Waals surface area contributed by atoms with Gasteiger partial charge in [0.25, 0.3) is 0 Å². The zero-order chi connectivity index (χ0) is 14.8. The van der Waals surface area contributed by atoms with Crippen LogP contribution in [-0.2, 0) is 10.0 Å². The van der Waals surface area contributed by atoms with E-state index in [9.17, 15) is 13.5 Å². The maximum atomic E-state index is 12.7. The molecule has 3 N–H and O–H groups in total. The molecule has 7 heteroatoms. The van der Waals surface area contributed by atoms with Gasteiger partial charge in [-0.25, -0.2) is 8.42 Å². The van der Waals surface area contributed by atoms with Gasteiger partial charge < -0.3 is 15.6 Å². The average molecular weight is 300 g/mol. The monoisotopic (exact) mass is 300 g/mol. The van der Waals surface area contributed by atoms with E-state index in [0.717, 1.165) is 12.8 Å². The Morgan fingerprint density at radius 2 is 2.25 bits per heavy atom. The average Bonchev–Trinajstić information content (AvgIpc) is 2.46. The van der Waals surface area contributed by atoms with Crippen LogP contribution in [0.4, 0.5) is 5.69 Å². The van der Waals surface area contributed by atoms with Gasteiger partial charge in [-0.2, -0.15) is 4.31 Å². The highest BCUT2D eigenvalue weighted by Crippen LogP contribution is 2.31. The van der Waals surface area contributed by atoms with Crippen LogP contribution in [0.5, 0.6) is 5.75 Å². The van der Waals surface area contributed by atoms with Gasteiger partial charge in [0.05, 0.1) is 7.11 Å². The quantitative estimate of drug-likeness (QED) is 0.797. The van der Waals surface area contributed by atoms with Crippen molar-refractivity contribution in [3.8, 4) is 5.75 Å². The molecule has 1 fully saturated rings. The van der Waals surface area contributed by atoms with Gasteiger partial charge in [0.1, 0.15) is 10.6 Å². The lowest BCUT2D eigenvalue weighted by atomic mass is 10.0. The van der Waals surface area contributed by atoms with E-state index in [4.69, 9.17) is 10.5 Å². The molecule has 0 radical (unpaired) electrons. The second-order valence-electron chi connectivity index (χ2n) is 4.96. The largest absolute Gasteiger partial charge is 0.495 e. The highest BCUT2D eigenvalue weighted by Gasteiger charge is 2.32. The number of nitrogen functional groups attached to an aromatic ring is 1. The van der Waals surface area contributed by atoms with E-state index < -0.39 is 10.0 Å². The Labute approximate surface area is 119 Å². The summed E-state index contributed by atoms with van der Waals surface area (Å²) in [7, 11) is -2.21. The van der Waals surface area contributed by atoms with Crippen LogP contribution in [0.15, 0.2) is 23.1 Å². The third-order valence-corrected chi connectivity index (χ3v) is 5.45. The van der Waals surface area contributed by atoms with Crippen molar-refractivity contribution in [3.63, 3.8) is 0 Å². The lowest BCUT2D eigenvalue weighted by Crippen LogP contribution is -2.40. The number of aliphatic hydroxyl groups is 1. The molecule has 1 aromatic carbocycles. The first kappa shape index (κ1) is 15.1. The van der Waals surface area contributed by atoms with Crippen molar-refractivity contribution in [2.75, 3.05) is 32.5 Å². The number of rotatable bonds is 4. The predicted octanol–water partition coefficient (Wildman–Crippen LogP) is 0.670. The molecule has 6 nitrogen and oxygen atoms in total. The standard InChI is InChI=1S/C13H20N2O4S/c1-19-12-7-11(14)4-5-13(12)20(17,18)15-6-2-3-10(8-15)9-16/h4-5,7,10,16H,2-3,6,8-9,14H2,1H3. The zero-order valence-corrected chi connectivity index (χ0v) is 12.3.